The van der Waals surface area contributed by atoms with Crippen LogP contribution in [-0.4, -0.2) is 37.4 Å². The molecule has 0 spiro atoms. The number of amides is 2. The van der Waals surface area contributed by atoms with Crippen LogP contribution < -0.4 is 15.5 Å². The normalized spacial score (nSPS) is 10.2. The SMILES string of the molecule is CN(C)c1ccc(CNC(=O)CCNC(=O)c2ccc(Br)cc2)cn1. The number of rotatable bonds is 7. The van der Waals surface area contributed by atoms with E-state index in [-0.39, 0.29) is 18.2 Å². The molecule has 1 aromatic carbocycles. The van der Waals surface area contributed by atoms with Gasteiger partial charge >= 0.3 is 0 Å². The lowest BCUT2D eigenvalue weighted by atomic mass is 10.2. The number of hydrogen-bond acceptors (Lipinski definition) is 4. The van der Waals surface area contributed by atoms with Crippen LogP contribution in [0.2, 0.25) is 0 Å². The Kier molecular flexibility index (Phi) is 6.94. The molecule has 0 unspecified atom stereocenters. The van der Waals surface area contributed by atoms with Crippen molar-refractivity contribution in [2.75, 3.05) is 25.5 Å². The topological polar surface area (TPSA) is 74.3 Å². The van der Waals surface area contributed by atoms with Crippen LogP contribution in [0.25, 0.3) is 0 Å². The molecular formula is C18H21BrN4O2. The number of carbonyl (C=O) groups is 2. The van der Waals surface area contributed by atoms with Crippen LogP contribution in [0.15, 0.2) is 47.1 Å². The van der Waals surface area contributed by atoms with Crippen LogP contribution in [0.4, 0.5) is 5.82 Å². The van der Waals surface area contributed by atoms with Crippen molar-refractivity contribution in [3.05, 3.63) is 58.2 Å². The monoisotopic (exact) mass is 404 g/mol. The van der Waals surface area contributed by atoms with Gasteiger partial charge in [0.05, 0.1) is 0 Å². The quantitative estimate of drug-likeness (QED) is 0.742. The van der Waals surface area contributed by atoms with Crippen molar-refractivity contribution in [3.8, 4) is 0 Å². The molecule has 7 heteroatoms. The molecule has 25 heavy (non-hydrogen) atoms. The van der Waals surface area contributed by atoms with Crippen molar-refractivity contribution in [1.29, 1.82) is 0 Å². The number of carbonyl (C=O) groups excluding carboxylic acids is 2. The Morgan fingerprint density at radius 2 is 1.80 bits per heavy atom. The zero-order chi connectivity index (χ0) is 18.2. The van der Waals surface area contributed by atoms with Gasteiger partial charge in [-0.1, -0.05) is 22.0 Å². The van der Waals surface area contributed by atoms with E-state index in [2.05, 4.69) is 31.5 Å². The minimum atomic E-state index is -0.191. The van der Waals surface area contributed by atoms with Gasteiger partial charge in [-0.05, 0) is 35.9 Å². The van der Waals surface area contributed by atoms with Crippen LogP contribution >= 0.6 is 15.9 Å². The summed E-state index contributed by atoms with van der Waals surface area (Å²) < 4.78 is 0.913. The second-order valence-electron chi connectivity index (χ2n) is 5.71. The summed E-state index contributed by atoms with van der Waals surface area (Å²) in [5.41, 5.74) is 1.49. The van der Waals surface area contributed by atoms with E-state index in [9.17, 15) is 9.59 Å². The van der Waals surface area contributed by atoms with E-state index in [0.29, 0.717) is 18.7 Å². The first kappa shape index (κ1) is 18.9. The van der Waals surface area contributed by atoms with Gasteiger partial charge in [0.1, 0.15) is 5.82 Å². The Morgan fingerprint density at radius 3 is 2.40 bits per heavy atom. The predicted molar refractivity (Wildman–Crippen MR) is 102 cm³/mol. The minimum Gasteiger partial charge on any atom is -0.363 e. The maximum absolute atomic E-state index is 11.9. The molecule has 2 rings (SSSR count). The van der Waals surface area contributed by atoms with E-state index in [1.165, 1.54) is 0 Å². The first-order valence-corrected chi connectivity index (χ1v) is 8.68. The van der Waals surface area contributed by atoms with Gasteiger partial charge in [-0.25, -0.2) is 4.98 Å². The molecular weight excluding hydrogens is 384 g/mol. The standard InChI is InChI=1S/C18H21BrN4O2/c1-23(2)16-8-3-13(11-21-16)12-22-17(24)9-10-20-18(25)14-4-6-15(19)7-5-14/h3-8,11H,9-10,12H2,1-2H3,(H,20,25)(H,22,24). The number of nitrogens with zero attached hydrogens (tertiary/aromatic N) is 2. The summed E-state index contributed by atoms with van der Waals surface area (Å²) in [4.78, 5) is 30.0. The fourth-order valence-electron chi connectivity index (χ4n) is 2.07. The van der Waals surface area contributed by atoms with E-state index in [1.54, 1.807) is 30.5 Å². The highest BCUT2D eigenvalue weighted by molar-refractivity contribution is 9.10. The van der Waals surface area contributed by atoms with Gasteiger partial charge < -0.3 is 15.5 Å². The van der Waals surface area contributed by atoms with Crippen molar-refractivity contribution in [3.63, 3.8) is 0 Å². The highest BCUT2D eigenvalue weighted by Crippen LogP contribution is 2.10. The number of aromatic nitrogens is 1. The lowest BCUT2D eigenvalue weighted by molar-refractivity contribution is -0.121. The number of anilines is 1. The second-order valence-corrected chi connectivity index (χ2v) is 6.62. The molecule has 0 aliphatic rings. The number of nitrogens with one attached hydrogen (secondary N) is 2. The number of hydrogen-bond donors (Lipinski definition) is 2. The first-order chi connectivity index (χ1) is 12.0. The molecule has 0 saturated carbocycles. The molecule has 6 nitrogen and oxygen atoms in total. The van der Waals surface area contributed by atoms with Crippen LogP contribution in [0.3, 0.4) is 0 Å². The van der Waals surface area contributed by atoms with E-state index < -0.39 is 0 Å². The minimum absolute atomic E-state index is 0.118. The van der Waals surface area contributed by atoms with Gasteiger partial charge in [-0.15, -0.1) is 0 Å². The molecule has 2 N–H and O–H groups in total. The van der Waals surface area contributed by atoms with Gasteiger partial charge in [0, 0.05) is 49.8 Å². The van der Waals surface area contributed by atoms with Crippen LogP contribution in [0, 0.1) is 0 Å². The molecule has 0 atom stereocenters. The lowest BCUT2D eigenvalue weighted by Crippen LogP contribution is -2.30. The van der Waals surface area contributed by atoms with Gasteiger partial charge in [-0.3, -0.25) is 9.59 Å². The van der Waals surface area contributed by atoms with Gasteiger partial charge in [0.25, 0.3) is 5.91 Å². The maximum atomic E-state index is 11.9. The summed E-state index contributed by atoms with van der Waals surface area (Å²) in [6.45, 7) is 0.707. The maximum Gasteiger partial charge on any atom is 0.251 e. The molecule has 0 fully saturated rings. The summed E-state index contributed by atoms with van der Waals surface area (Å²) in [6.07, 6.45) is 1.97. The van der Waals surface area contributed by atoms with Crippen LogP contribution in [0.1, 0.15) is 22.3 Å². The van der Waals surface area contributed by atoms with Crippen molar-refractivity contribution in [1.82, 2.24) is 15.6 Å². The molecule has 1 heterocycles. The molecule has 2 aromatic rings. The molecule has 1 aromatic heterocycles. The van der Waals surface area contributed by atoms with Crippen LogP contribution in [0.5, 0.6) is 0 Å². The summed E-state index contributed by atoms with van der Waals surface area (Å²) in [5, 5.41) is 5.55. The summed E-state index contributed by atoms with van der Waals surface area (Å²) in [6, 6.07) is 10.9. The molecule has 0 aliphatic carbocycles. The predicted octanol–water partition coefficient (Wildman–Crippen LogP) is 2.35. The van der Waals surface area contributed by atoms with Gasteiger partial charge in [-0.2, -0.15) is 0 Å². The van der Waals surface area contributed by atoms with E-state index in [4.69, 9.17) is 0 Å². The Hall–Kier alpha value is -2.41. The Morgan fingerprint density at radius 1 is 1.08 bits per heavy atom. The highest BCUT2D eigenvalue weighted by atomic mass is 79.9. The summed E-state index contributed by atoms with van der Waals surface area (Å²) in [7, 11) is 3.85. The van der Waals surface area contributed by atoms with Crippen molar-refractivity contribution in [2.24, 2.45) is 0 Å². The molecule has 0 aliphatic heterocycles. The third-order valence-corrected chi connectivity index (χ3v) is 4.03. The van der Waals surface area contributed by atoms with E-state index in [1.807, 2.05) is 31.1 Å². The van der Waals surface area contributed by atoms with E-state index in [0.717, 1.165) is 15.9 Å². The summed E-state index contributed by atoms with van der Waals surface area (Å²) in [5.74, 6) is 0.558. The molecule has 0 radical (unpaired) electrons. The van der Waals surface area contributed by atoms with Crippen LogP contribution in [-0.2, 0) is 11.3 Å². The molecule has 132 valence electrons. The zero-order valence-electron chi connectivity index (χ0n) is 14.3. The second kappa shape index (κ2) is 9.17. The van der Waals surface area contributed by atoms with E-state index >= 15 is 0 Å². The number of pyridine rings is 1. The van der Waals surface area contributed by atoms with Crippen molar-refractivity contribution in [2.45, 2.75) is 13.0 Å². The average molecular weight is 405 g/mol. The largest absolute Gasteiger partial charge is 0.363 e. The Balaban J connectivity index is 1.70. The van der Waals surface area contributed by atoms with Gasteiger partial charge in [0.2, 0.25) is 5.91 Å². The fourth-order valence-corrected chi connectivity index (χ4v) is 2.33. The van der Waals surface area contributed by atoms with Crippen molar-refractivity contribution < 1.29 is 9.59 Å². The molecule has 0 saturated heterocycles. The fraction of sp³-hybridized carbons (Fsp3) is 0.278. The molecule has 0 bridgehead atoms. The third-order valence-electron chi connectivity index (χ3n) is 3.50. The first-order valence-electron chi connectivity index (χ1n) is 7.88. The van der Waals surface area contributed by atoms with Crippen molar-refractivity contribution >= 4 is 33.6 Å². The zero-order valence-corrected chi connectivity index (χ0v) is 15.8. The van der Waals surface area contributed by atoms with Gasteiger partial charge in [0.15, 0.2) is 0 Å². The third kappa shape index (κ3) is 6.19. The smallest absolute Gasteiger partial charge is 0.251 e. The Bertz CT molecular complexity index is 715. The lowest BCUT2D eigenvalue weighted by Gasteiger charge is -2.11. The number of halogens is 1. The highest BCUT2D eigenvalue weighted by Gasteiger charge is 2.07. The average Bonchev–Trinajstić information content (AvgIpc) is 2.60. The Labute approximate surface area is 155 Å². The summed E-state index contributed by atoms with van der Waals surface area (Å²) >= 11 is 3.32. The number of benzene rings is 1. The molecule has 2 amide bonds.